The smallest absolute Gasteiger partial charge is 0.107 e. The van der Waals surface area contributed by atoms with Gasteiger partial charge in [0.1, 0.15) is 5.01 Å². The van der Waals surface area contributed by atoms with E-state index in [0.29, 0.717) is 0 Å². The summed E-state index contributed by atoms with van der Waals surface area (Å²) in [6.45, 7) is 1.76. The lowest BCUT2D eigenvalue weighted by molar-refractivity contribution is 0.697. The van der Waals surface area contributed by atoms with E-state index in [4.69, 9.17) is 0 Å². The molecule has 3 aromatic heterocycles. The number of hydrogen-bond acceptors (Lipinski definition) is 5. The standard InChI is InChI=1S/C13H12N2S3/c1-2-11(17-4-1)6-14-8-13-15-7-12(18-13)10-3-5-16-9-10/h1-5,7,9,14H,6,8H2. The van der Waals surface area contributed by atoms with Gasteiger partial charge in [-0.15, -0.1) is 22.7 Å². The Hall–Kier alpha value is -1.01. The van der Waals surface area contributed by atoms with Crippen LogP contribution in [-0.4, -0.2) is 4.98 Å². The van der Waals surface area contributed by atoms with Gasteiger partial charge in [-0.25, -0.2) is 4.98 Å². The molecule has 2 nitrogen and oxygen atoms in total. The fourth-order valence-electron chi connectivity index (χ4n) is 1.64. The summed E-state index contributed by atoms with van der Waals surface area (Å²) < 4.78 is 0. The molecular formula is C13H12N2S3. The molecule has 0 aliphatic heterocycles. The van der Waals surface area contributed by atoms with E-state index in [9.17, 15) is 0 Å². The van der Waals surface area contributed by atoms with E-state index in [1.54, 1.807) is 34.0 Å². The van der Waals surface area contributed by atoms with E-state index in [-0.39, 0.29) is 0 Å². The molecule has 0 aromatic carbocycles. The summed E-state index contributed by atoms with van der Waals surface area (Å²) in [6.07, 6.45) is 1.97. The molecular weight excluding hydrogens is 280 g/mol. The van der Waals surface area contributed by atoms with Gasteiger partial charge in [0.2, 0.25) is 0 Å². The molecule has 3 aromatic rings. The van der Waals surface area contributed by atoms with E-state index < -0.39 is 0 Å². The summed E-state index contributed by atoms with van der Waals surface area (Å²) in [6, 6.07) is 6.37. The Kier molecular flexibility index (Phi) is 3.85. The van der Waals surface area contributed by atoms with E-state index >= 15 is 0 Å². The number of nitrogens with zero attached hydrogens (tertiary/aromatic N) is 1. The molecule has 0 radical (unpaired) electrons. The molecule has 0 aliphatic rings. The maximum atomic E-state index is 4.46. The SMILES string of the molecule is c1csc(CNCc2ncc(-c3ccsc3)s2)c1. The fourth-order valence-corrected chi connectivity index (χ4v) is 3.92. The monoisotopic (exact) mass is 292 g/mol. The third-order valence-corrected chi connectivity index (χ3v) is 5.12. The number of thiophene rings is 2. The van der Waals surface area contributed by atoms with Crippen molar-refractivity contribution < 1.29 is 0 Å². The van der Waals surface area contributed by atoms with E-state index in [1.165, 1.54) is 15.3 Å². The molecule has 0 bridgehead atoms. The zero-order valence-electron chi connectivity index (χ0n) is 9.63. The first-order chi connectivity index (χ1) is 8.92. The van der Waals surface area contributed by atoms with Gasteiger partial charge >= 0.3 is 0 Å². The van der Waals surface area contributed by atoms with Gasteiger partial charge in [0, 0.05) is 29.7 Å². The van der Waals surface area contributed by atoms with Gasteiger partial charge in [-0.05, 0) is 28.3 Å². The van der Waals surface area contributed by atoms with Crippen molar-refractivity contribution in [1.82, 2.24) is 10.3 Å². The maximum absolute atomic E-state index is 4.46. The zero-order valence-corrected chi connectivity index (χ0v) is 12.1. The normalized spacial score (nSPS) is 10.9. The largest absolute Gasteiger partial charge is 0.306 e. The Morgan fingerprint density at radius 3 is 2.94 bits per heavy atom. The Bertz CT molecular complexity index is 582. The van der Waals surface area contributed by atoms with Crippen LogP contribution in [0.15, 0.2) is 40.5 Å². The van der Waals surface area contributed by atoms with Crippen LogP contribution in [0.4, 0.5) is 0 Å². The van der Waals surface area contributed by atoms with Crippen molar-refractivity contribution in [3.8, 4) is 10.4 Å². The van der Waals surface area contributed by atoms with Crippen LogP contribution in [0.2, 0.25) is 0 Å². The fraction of sp³-hybridized carbons (Fsp3) is 0.154. The van der Waals surface area contributed by atoms with Gasteiger partial charge in [0.25, 0.3) is 0 Å². The highest BCUT2D eigenvalue weighted by molar-refractivity contribution is 7.15. The van der Waals surface area contributed by atoms with Gasteiger partial charge in [-0.1, -0.05) is 6.07 Å². The number of nitrogens with one attached hydrogen (secondary N) is 1. The number of rotatable bonds is 5. The van der Waals surface area contributed by atoms with Crippen molar-refractivity contribution in [2.24, 2.45) is 0 Å². The first kappa shape index (κ1) is 12.0. The van der Waals surface area contributed by atoms with E-state index in [2.05, 4.69) is 44.6 Å². The second kappa shape index (κ2) is 5.75. The first-order valence-corrected chi connectivity index (χ1v) is 8.26. The van der Waals surface area contributed by atoms with Gasteiger partial charge < -0.3 is 5.32 Å². The molecule has 5 heteroatoms. The highest BCUT2D eigenvalue weighted by Gasteiger charge is 2.04. The quantitative estimate of drug-likeness (QED) is 0.761. The molecule has 92 valence electrons. The van der Waals surface area contributed by atoms with E-state index in [1.807, 2.05) is 6.20 Å². The second-order valence-electron chi connectivity index (χ2n) is 3.81. The van der Waals surface area contributed by atoms with Crippen LogP contribution in [0.25, 0.3) is 10.4 Å². The van der Waals surface area contributed by atoms with E-state index in [0.717, 1.165) is 18.1 Å². The molecule has 0 atom stereocenters. The summed E-state index contributed by atoms with van der Waals surface area (Å²) in [5.41, 5.74) is 1.28. The van der Waals surface area contributed by atoms with Crippen molar-refractivity contribution in [3.05, 3.63) is 50.4 Å². The molecule has 0 amide bonds. The molecule has 0 saturated heterocycles. The Morgan fingerprint density at radius 1 is 1.17 bits per heavy atom. The minimum Gasteiger partial charge on any atom is -0.306 e. The van der Waals surface area contributed by atoms with Gasteiger partial charge in [0.05, 0.1) is 4.88 Å². The zero-order chi connectivity index (χ0) is 12.2. The minimum atomic E-state index is 0.840. The van der Waals surface area contributed by atoms with Crippen LogP contribution in [0.3, 0.4) is 0 Å². The predicted molar refractivity (Wildman–Crippen MR) is 80.3 cm³/mol. The lowest BCUT2D eigenvalue weighted by atomic mass is 10.3. The Morgan fingerprint density at radius 2 is 2.17 bits per heavy atom. The molecule has 0 spiro atoms. The van der Waals surface area contributed by atoms with Crippen molar-refractivity contribution >= 4 is 34.0 Å². The van der Waals surface area contributed by atoms with Crippen LogP contribution in [0.1, 0.15) is 9.88 Å². The van der Waals surface area contributed by atoms with Crippen LogP contribution >= 0.6 is 34.0 Å². The lowest BCUT2D eigenvalue weighted by Gasteiger charge is -1.98. The summed E-state index contributed by atoms with van der Waals surface area (Å²) in [7, 11) is 0. The Balaban J connectivity index is 1.57. The van der Waals surface area contributed by atoms with Gasteiger partial charge in [0.15, 0.2) is 0 Å². The van der Waals surface area contributed by atoms with Gasteiger partial charge in [-0.3, -0.25) is 0 Å². The molecule has 18 heavy (non-hydrogen) atoms. The molecule has 3 heterocycles. The summed E-state index contributed by atoms with van der Waals surface area (Å²) in [5.74, 6) is 0. The van der Waals surface area contributed by atoms with Crippen LogP contribution in [0.5, 0.6) is 0 Å². The van der Waals surface area contributed by atoms with Crippen LogP contribution in [0, 0.1) is 0 Å². The Labute approximate surface area is 118 Å². The highest BCUT2D eigenvalue weighted by atomic mass is 32.1. The molecule has 0 unspecified atom stereocenters. The molecule has 1 N–H and O–H groups in total. The molecule has 0 aliphatic carbocycles. The first-order valence-electron chi connectivity index (χ1n) is 5.62. The lowest BCUT2D eigenvalue weighted by Crippen LogP contribution is -2.11. The predicted octanol–water partition coefficient (Wildman–Crippen LogP) is 4.22. The molecule has 3 rings (SSSR count). The van der Waals surface area contributed by atoms with Gasteiger partial charge in [-0.2, -0.15) is 11.3 Å². The average molecular weight is 292 g/mol. The van der Waals surface area contributed by atoms with Crippen LogP contribution < -0.4 is 5.32 Å². The third-order valence-electron chi connectivity index (χ3n) is 2.51. The van der Waals surface area contributed by atoms with Crippen molar-refractivity contribution in [3.63, 3.8) is 0 Å². The number of thiazole rings is 1. The topological polar surface area (TPSA) is 24.9 Å². The minimum absolute atomic E-state index is 0.840. The summed E-state index contributed by atoms with van der Waals surface area (Å²) in [4.78, 5) is 7.07. The summed E-state index contributed by atoms with van der Waals surface area (Å²) >= 11 is 5.27. The summed E-state index contributed by atoms with van der Waals surface area (Å²) in [5, 5.41) is 10.9. The average Bonchev–Trinajstić information content (AvgIpc) is 3.12. The van der Waals surface area contributed by atoms with Crippen molar-refractivity contribution in [2.45, 2.75) is 13.1 Å². The maximum Gasteiger partial charge on any atom is 0.107 e. The highest BCUT2D eigenvalue weighted by Crippen LogP contribution is 2.27. The number of aromatic nitrogens is 1. The van der Waals surface area contributed by atoms with Crippen LogP contribution in [-0.2, 0) is 13.1 Å². The van der Waals surface area contributed by atoms with Crippen molar-refractivity contribution in [2.75, 3.05) is 0 Å². The molecule has 0 fully saturated rings. The number of hydrogen-bond donors (Lipinski definition) is 1. The molecule has 0 saturated carbocycles. The second-order valence-corrected chi connectivity index (χ2v) is 6.74. The third kappa shape index (κ3) is 2.87. The van der Waals surface area contributed by atoms with Crippen molar-refractivity contribution in [1.29, 1.82) is 0 Å².